The van der Waals surface area contributed by atoms with E-state index in [0.29, 0.717) is 24.6 Å². The summed E-state index contributed by atoms with van der Waals surface area (Å²) < 4.78 is 33.7. The lowest BCUT2D eigenvalue weighted by Gasteiger charge is -2.16. The average molecular weight is 310 g/mol. The number of benzene rings is 1. The number of imidazole rings is 1. The third kappa shape index (κ3) is 4.47. The van der Waals surface area contributed by atoms with Gasteiger partial charge in [-0.05, 0) is 24.2 Å². The molecule has 1 aromatic carbocycles. The largest absolute Gasteiger partial charge is 0.361 e. The van der Waals surface area contributed by atoms with Crippen molar-refractivity contribution < 1.29 is 13.5 Å². The Morgan fingerprint density at radius 1 is 1.19 bits per heavy atom. The number of hydrogen-bond acceptors (Lipinski definition) is 2. The zero-order valence-electron chi connectivity index (χ0n) is 12.6. The summed E-state index contributed by atoms with van der Waals surface area (Å²) in [5, 5.41) is 0. The Labute approximate surface area is 124 Å². The second-order valence-corrected chi connectivity index (χ2v) is 11.8. The van der Waals surface area contributed by atoms with Gasteiger partial charge in [0.15, 0.2) is 11.6 Å². The molecule has 0 bridgehead atoms. The smallest absolute Gasteiger partial charge is 0.159 e. The van der Waals surface area contributed by atoms with Crippen LogP contribution < -0.4 is 0 Å². The summed E-state index contributed by atoms with van der Waals surface area (Å²) in [7, 11) is -1.11. The monoisotopic (exact) mass is 310 g/mol. The van der Waals surface area contributed by atoms with Crippen molar-refractivity contribution in [3.63, 3.8) is 0 Å². The maximum absolute atomic E-state index is 13.3. The molecule has 0 saturated heterocycles. The molecule has 0 aliphatic heterocycles. The van der Waals surface area contributed by atoms with E-state index in [4.69, 9.17) is 4.74 Å². The molecule has 0 radical (unpaired) electrons. The van der Waals surface area contributed by atoms with E-state index in [1.807, 2.05) is 0 Å². The fourth-order valence-corrected chi connectivity index (χ4v) is 2.62. The molecule has 114 valence electrons. The Balaban J connectivity index is 2.03. The molecular weight excluding hydrogens is 290 g/mol. The Kier molecular flexibility index (Phi) is 4.90. The van der Waals surface area contributed by atoms with Crippen molar-refractivity contribution in [1.82, 2.24) is 9.55 Å². The molecule has 6 heteroatoms. The van der Waals surface area contributed by atoms with Gasteiger partial charge in [-0.2, -0.15) is 0 Å². The van der Waals surface area contributed by atoms with Crippen LogP contribution >= 0.6 is 0 Å². The lowest BCUT2D eigenvalue weighted by molar-refractivity contribution is 0.0882. The van der Waals surface area contributed by atoms with Crippen LogP contribution in [0.2, 0.25) is 25.7 Å². The molecule has 0 N–H and O–H groups in total. The third-order valence-corrected chi connectivity index (χ3v) is 4.86. The molecule has 3 nitrogen and oxygen atoms in total. The minimum atomic E-state index is -1.11. The van der Waals surface area contributed by atoms with Gasteiger partial charge in [0, 0.05) is 20.2 Å². The van der Waals surface area contributed by atoms with Crippen LogP contribution in [-0.4, -0.2) is 24.2 Å². The predicted molar refractivity (Wildman–Crippen MR) is 81.7 cm³/mol. The van der Waals surface area contributed by atoms with Crippen molar-refractivity contribution in [2.45, 2.75) is 32.4 Å². The minimum Gasteiger partial charge on any atom is -0.361 e. The summed E-state index contributed by atoms with van der Waals surface area (Å²) in [6.45, 7) is 7.94. The molecule has 1 aromatic heterocycles. The van der Waals surface area contributed by atoms with Gasteiger partial charge in [-0.1, -0.05) is 19.6 Å². The summed E-state index contributed by atoms with van der Waals surface area (Å²) >= 11 is 0. The first-order chi connectivity index (χ1) is 9.87. The van der Waals surface area contributed by atoms with Gasteiger partial charge in [0.25, 0.3) is 0 Å². The van der Waals surface area contributed by atoms with Gasteiger partial charge in [-0.3, -0.25) is 0 Å². The molecule has 2 rings (SSSR count). The summed E-state index contributed by atoms with van der Waals surface area (Å²) in [6, 6.07) is 4.91. The molecular formula is C15H20F2N2OSi. The number of hydrogen-bond donors (Lipinski definition) is 0. The number of nitrogens with zero attached hydrogens (tertiary/aromatic N) is 2. The second-order valence-electron chi connectivity index (χ2n) is 6.23. The highest BCUT2D eigenvalue weighted by atomic mass is 28.3. The molecule has 0 aliphatic carbocycles. The van der Waals surface area contributed by atoms with Crippen LogP contribution in [0.5, 0.6) is 0 Å². The first-order valence-corrected chi connectivity index (χ1v) is 10.6. The molecule has 0 fully saturated rings. The Hall–Kier alpha value is -1.53. The molecule has 0 aliphatic rings. The Bertz CT molecular complexity index is 608. The van der Waals surface area contributed by atoms with Crippen LogP contribution in [0.3, 0.4) is 0 Å². The highest BCUT2D eigenvalue weighted by Crippen LogP contribution is 2.21. The van der Waals surface area contributed by atoms with Gasteiger partial charge >= 0.3 is 0 Å². The maximum atomic E-state index is 13.3. The van der Waals surface area contributed by atoms with Gasteiger partial charge in [0.1, 0.15) is 6.73 Å². The van der Waals surface area contributed by atoms with E-state index in [1.54, 1.807) is 17.1 Å². The summed E-state index contributed by atoms with van der Waals surface area (Å²) in [5.41, 5.74) is 1.29. The maximum Gasteiger partial charge on any atom is 0.159 e. The molecule has 0 spiro atoms. The van der Waals surface area contributed by atoms with E-state index < -0.39 is 19.7 Å². The standard InChI is InChI=1S/C15H20F2N2OSi/c1-21(2,3)7-6-20-11-19-10-18-9-15(19)12-4-5-13(16)14(17)8-12/h4-5,8-10H,6-7,11H2,1-3H3. The number of halogens is 2. The van der Waals surface area contributed by atoms with Crippen LogP contribution in [-0.2, 0) is 11.5 Å². The van der Waals surface area contributed by atoms with Crippen molar-refractivity contribution in [3.8, 4) is 11.3 Å². The molecule has 0 saturated carbocycles. The van der Waals surface area contributed by atoms with Gasteiger partial charge in [0.05, 0.1) is 18.2 Å². The number of aromatic nitrogens is 2. The second kappa shape index (κ2) is 6.49. The predicted octanol–water partition coefficient (Wildman–Crippen LogP) is 4.14. The molecule has 1 heterocycles. The molecule has 21 heavy (non-hydrogen) atoms. The van der Waals surface area contributed by atoms with Crippen LogP contribution in [0.25, 0.3) is 11.3 Å². The molecule has 0 atom stereocenters. The van der Waals surface area contributed by atoms with Crippen molar-refractivity contribution in [2.24, 2.45) is 0 Å². The lowest BCUT2D eigenvalue weighted by atomic mass is 10.1. The van der Waals surface area contributed by atoms with Gasteiger partial charge in [-0.25, -0.2) is 13.8 Å². The number of rotatable bonds is 6. The summed E-state index contributed by atoms with van der Waals surface area (Å²) in [4.78, 5) is 4.05. The first-order valence-electron chi connectivity index (χ1n) is 6.90. The van der Waals surface area contributed by atoms with E-state index in [0.717, 1.165) is 12.1 Å². The van der Waals surface area contributed by atoms with Crippen LogP contribution in [0.1, 0.15) is 0 Å². The zero-order chi connectivity index (χ0) is 15.5. The fraction of sp³-hybridized carbons (Fsp3) is 0.400. The van der Waals surface area contributed by atoms with Crippen molar-refractivity contribution >= 4 is 8.07 Å². The quantitative estimate of drug-likeness (QED) is 0.592. The minimum absolute atomic E-state index is 0.360. The highest BCUT2D eigenvalue weighted by Gasteiger charge is 2.13. The van der Waals surface area contributed by atoms with Crippen molar-refractivity contribution in [2.75, 3.05) is 6.61 Å². The van der Waals surface area contributed by atoms with Crippen LogP contribution in [0, 0.1) is 11.6 Å². The Morgan fingerprint density at radius 2 is 1.95 bits per heavy atom. The van der Waals surface area contributed by atoms with E-state index >= 15 is 0 Å². The lowest BCUT2D eigenvalue weighted by Crippen LogP contribution is -2.22. The molecule has 2 aromatic rings. The van der Waals surface area contributed by atoms with E-state index in [1.165, 1.54) is 12.1 Å². The number of ether oxygens (including phenoxy) is 1. The Morgan fingerprint density at radius 3 is 2.62 bits per heavy atom. The SMILES string of the molecule is C[Si](C)(C)CCOCn1cncc1-c1ccc(F)c(F)c1. The van der Waals surface area contributed by atoms with Crippen molar-refractivity contribution in [1.29, 1.82) is 0 Å². The summed E-state index contributed by atoms with van der Waals surface area (Å²) in [6.07, 6.45) is 3.25. The van der Waals surface area contributed by atoms with Crippen LogP contribution in [0.15, 0.2) is 30.7 Å². The molecule has 0 amide bonds. The highest BCUT2D eigenvalue weighted by molar-refractivity contribution is 6.76. The van der Waals surface area contributed by atoms with Crippen LogP contribution in [0.4, 0.5) is 8.78 Å². The topological polar surface area (TPSA) is 27.1 Å². The van der Waals surface area contributed by atoms with Gasteiger partial charge < -0.3 is 9.30 Å². The van der Waals surface area contributed by atoms with E-state index in [-0.39, 0.29) is 0 Å². The van der Waals surface area contributed by atoms with Gasteiger partial charge in [0.2, 0.25) is 0 Å². The summed E-state index contributed by atoms with van der Waals surface area (Å²) in [5.74, 6) is -1.71. The zero-order valence-corrected chi connectivity index (χ0v) is 13.6. The van der Waals surface area contributed by atoms with E-state index in [2.05, 4.69) is 24.6 Å². The van der Waals surface area contributed by atoms with Gasteiger partial charge in [-0.15, -0.1) is 0 Å². The third-order valence-electron chi connectivity index (χ3n) is 3.15. The van der Waals surface area contributed by atoms with Crippen molar-refractivity contribution in [3.05, 3.63) is 42.4 Å². The normalized spacial score (nSPS) is 11.9. The average Bonchev–Trinajstić information content (AvgIpc) is 2.85. The first kappa shape index (κ1) is 15.8. The van der Waals surface area contributed by atoms with E-state index in [9.17, 15) is 8.78 Å². The molecule has 0 unspecified atom stereocenters. The fourth-order valence-electron chi connectivity index (χ4n) is 1.86.